The van der Waals surface area contributed by atoms with E-state index in [1.165, 1.54) is 72.0 Å². The molecule has 0 amide bonds. The molecule has 3 heterocycles. The molecule has 3 aromatic heterocycles. The topological polar surface area (TPSA) is 43.9 Å². The van der Waals surface area contributed by atoms with Gasteiger partial charge in [-0.05, 0) is 104 Å². The molecule has 0 saturated carbocycles. The third kappa shape index (κ3) is 4.45. The number of furan rings is 1. The van der Waals surface area contributed by atoms with E-state index in [1.807, 2.05) is 18.2 Å². The molecule has 0 fully saturated rings. The quantitative estimate of drug-likeness (QED) is 0.180. The van der Waals surface area contributed by atoms with Gasteiger partial charge in [0, 0.05) is 27.6 Å². The number of rotatable bonds is 4. The maximum absolute atomic E-state index is 6.56. The van der Waals surface area contributed by atoms with Gasteiger partial charge in [-0.2, -0.15) is 0 Å². The molecule has 0 N–H and O–H groups in total. The summed E-state index contributed by atoms with van der Waals surface area (Å²) in [4.78, 5) is 10.9. The Morgan fingerprint density at radius 3 is 1.97 bits per heavy atom. The Balaban J connectivity index is 1.19. The molecule has 0 spiro atoms. The number of nitrogens with zero attached hydrogens (tertiary/aromatic N) is 3. The Labute approximate surface area is 334 Å². The van der Waals surface area contributed by atoms with Crippen LogP contribution in [0.3, 0.4) is 0 Å². The molecular weight excluding hydrogens is 707 g/mol. The highest BCUT2D eigenvalue weighted by Crippen LogP contribution is 2.58. The normalized spacial score (nSPS) is 14.0. The van der Waals surface area contributed by atoms with Gasteiger partial charge < -0.3 is 4.42 Å². The van der Waals surface area contributed by atoms with Crippen molar-refractivity contribution in [3.8, 4) is 61.7 Å². The Morgan fingerprint density at radius 1 is 0.500 bits per heavy atom. The molecule has 1 unspecified atom stereocenters. The van der Waals surface area contributed by atoms with Crippen molar-refractivity contribution >= 4 is 43.9 Å². The first-order valence-electron chi connectivity index (χ1n) is 20.0. The maximum Gasteiger partial charge on any atom is 0.236 e. The summed E-state index contributed by atoms with van der Waals surface area (Å²) in [6, 6.07) is 65.5. The predicted molar refractivity (Wildman–Crippen MR) is 236 cm³/mol. The summed E-state index contributed by atoms with van der Waals surface area (Å²) >= 11 is 0. The average molecular weight is 740 g/mol. The van der Waals surface area contributed by atoms with E-state index in [1.54, 1.807) is 0 Å². The van der Waals surface area contributed by atoms with Crippen LogP contribution in [0.15, 0.2) is 186 Å². The van der Waals surface area contributed by atoms with Crippen LogP contribution in [-0.2, 0) is 6.42 Å². The van der Waals surface area contributed by atoms with E-state index >= 15 is 0 Å². The molecule has 0 bridgehead atoms. The van der Waals surface area contributed by atoms with E-state index in [0.29, 0.717) is 11.5 Å². The summed E-state index contributed by atoms with van der Waals surface area (Å²) in [5.74, 6) is 0.879. The van der Waals surface area contributed by atoms with Crippen molar-refractivity contribution < 1.29 is 4.42 Å². The molecular formula is C54H33N3O. The molecule has 4 heteroatoms. The van der Waals surface area contributed by atoms with Crippen LogP contribution in [0.4, 0.5) is 0 Å². The first-order chi connectivity index (χ1) is 28.8. The van der Waals surface area contributed by atoms with Crippen LogP contribution >= 0.6 is 0 Å². The molecule has 1 atom stereocenters. The van der Waals surface area contributed by atoms with Gasteiger partial charge in [-0.15, -0.1) is 0 Å². The molecule has 11 aromatic rings. The van der Waals surface area contributed by atoms with E-state index in [4.69, 9.17) is 14.4 Å². The molecule has 8 aromatic carbocycles. The van der Waals surface area contributed by atoms with Crippen molar-refractivity contribution in [2.45, 2.75) is 12.3 Å². The fraction of sp³-hybridized carbons (Fsp3) is 0.0370. The third-order valence-electron chi connectivity index (χ3n) is 12.5. The van der Waals surface area contributed by atoms with Crippen LogP contribution in [0.2, 0.25) is 0 Å². The monoisotopic (exact) mass is 739 g/mol. The van der Waals surface area contributed by atoms with Gasteiger partial charge in [0.05, 0.1) is 11.0 Å². The van der Waals surface area contributed by atoms with Gasteiger partial charge in [-0.1, -0.05) is 146 Å². The van der Waals surface area contributed by atoms with Gasteiger partial charge in [-0.25, -0.2) is 9.97 Å². The summed E-state index contributed by atoms with van der Waals surface area (Å²) in [7, 11) is 0. The van der Waals surface area contributed by atoms with Crippen molar-refractivity contribution in [3.05, 3.63) is 199 Å². The summed E-state index contributed by atoms with van der Waals surface area (Å²) in [5, 5.41) is 3.40. The Kier molecular flexibility index (Phi) is 6.53. The van der Waals surface area contributed by atoms with E-state index in [2.05, 4.69) is 168 Å². The zero-order valence-corrected chi connectivity index (χ0v) is 31.4. The van der Waals surface area contributed by atoms with Crippen LogP contribution in [0.1, 0.15) is 22.6 Å². The average Bonchev–Trinajstić information content (AvgIpc) is 3.94. The number of hydrogen-bond acceptors (Lipinski definition) is 3. The van der Waals surface area contributed by atoms with Crippen LogP contribution < -0.4 is 0 Å². The highest BCUT2D eigenvalue weighted by molar-refractivity contribution is 6.20. The lowest BCUT2D eigenvalue weighted by atomic mass is 9.76. The summed E-state index contributed by atoms with van der Waals surface area (Å²) in [6.07, 6.45) is 0.973. The smallest absolute Gasteiger partial charge is 0.236 e. The Bertz CT molecular complexity index is 3470. The largest absolute Gasteiger partial charge is 0.452 e. The first kappa shape index (κ1) is 31.6. The zero-order valence-electron chi connectivity index (χ0n) is 31.4. The van der Waals surface area contributed by atoms with Crippen molar-refractivity contribution in [2.75, 3.05) is 0 Å². The van der Waals surface area contributed by atoms with Crippen LogP contribution in [0.25, 0.3) is 106 Å². The Morgan fingerprint density at radius 2 is 1.17 bits per heavy atom. The molecule has 4 nitrogen and oxygen atoms in total. The lowest BCUT2D eigenvalue weighted by Crippen LogP contribution is -2.10. The molecule has 2 aliphatic carbocycles. The molecule has 2 aliphatic rings. The minimum atomic E-state index is 0.259. The Hall–Kier alpha value is -7.56. The van der Waals surface area contributed by atoms with Gasteiger partial charge >= 0.3 is 0 Å². The van der Waals surface area contributed by atoms with Crippen molar-refractivity contribution in [1.82, 2.24) is 14.5 Å². The van der Waals surface area contributed by atoms with Gasteiger partial charge in [0.2, 0.25) is 5.95 Å². The molecule has 270 valence electrons. The van der Waals surface area contributed by atoms with Crippen LogP contribution in [0, 0.1) is 0 Å². The molecule has 0 aliphatic heterocycles. The van der Waals surface area contributed by atoms with Crippen molar-refractivity contribution in [3.63, 3.8) is 0 Å². The lowest BCUT2D eigenvalue weighted by molar-refractivity contribution is 0.666. The highest BCUT2D eigenvalue weighted by atomic mass is 16.3. The molecule has 0 saturated heterocycles. The molecule has 58 heavy (non-hydrogen) atoms. The lowest BCUT2D eigenvalue weighted by Gasteiger charge is -2.26. The second-order valence-electron chi connectivity index (χ2n) is 15.6. The van der Waals surface area contributed by atoms with Crippen LogP contribution in [-0.4, -0.2) is 14.5 Å². The number of aromatic nitrogens is 3. The molecule has 0 radical (unpaired) electrons. The van der Waals surface area contributed by atoms with Crippen molar-refractivity contribution in [1.29, 1.82) is 0 Å². The van der Waals surface area contributed by atoms with E-state index in [0.717, 1.165) is 45.2 Å². The second-order valence-corrected chi connectivity index (χ2v) is 15.6. The van der Waals surface area contributed by atoms with Gasteiger partial charge in [-0.3, -0.25) is 4.57 Å². The number of benzene rings is 8. The third-order valence-corrected chi connectivity index (χ3v) is 12.5. The summed E-state index contributed by atoms with van der Waals surface area (Å²) in [6.45, 7) is 0. The molecule has 13 rings (SSSR count). The standard InChI is InChI=1S/C54H33N3O/c1-4-14-32(15-5-1)35-24-26-39-41(28-35)43-31-46-49(50-38-21-11-10-20-37(38)30-42(39)48(43)50)44-29-36(33-16-6-2-7-17-33)25-27-45(44)57(46)54-55-51(34-18-8-3-9-19-34)53-52(56-54)40-22-12-13-23-47(40)58-53/h1-29,31,42H,30H2. The van der Waals surface area contributed by atoms with E-state index in [-0.39, 0.29) is 5.92 Å². The zero-order chi connectivity index (χ0) is 37.9. The summed E-state index contributed by atoms with van der Waals surface area (Å²) in [5.41, 5.74) is 20.5. The number of hydrogen-bond donors (Lipinski definition) is 0. The first-order valence-corrected chi connectivity index (χ1v) is 20.0. The maximum atomic E-state index is 6.56. The fourth-order valence-corrected chi connectivity index (χ4v) is 9.99. The highest BCUT2D eigenvalue weighted by Gasteiger charge is 2.38. The van der Waals surface area contributed by atoms with E-state index < -0.39 is 0 Å². The fourth-order valence-electron chi connectivity index (χ4n) is 9.99. The van der Waals surface area contributed by atoms with Crippen LogP contribution in [0.5, 0.6) is 0 Å². The SMILES string of the molecule is c1ccc(-c2ccc3c(c2)-c2cc4c(c5c2C3Cc2ccccc2-5)c2cc(-c3ccccc3)ccc2n4-c2nc(-c3ccccc3)c3oc4ccccc4c3n2)cc1. The van der Waals surface area contributed by atoms with Crippen molar-refractivity contribution in [2.24, 2.45) is 0 Å². The summed E-state index contributed by atoms with van der Waals surface area (Å²) < 4.78 is 8.87. The van der Waals surface area contributed by atoms with Gasteiger partial charge in [0.1, 0.15) is 16.8 Å². The number of para-hydroxylation sites is 1. The van der Waals surface area contributed by atoms with Gasteiger partial charge in [0.25, 0.3) is 0 Å². The van der Waals surface area contributed by atoms with E-state index in [9.17, 15) is 0 Å². The van der Waals surface area contributed by atoms with Gasteiger partial charge in [0.15, 0.2) is 5.58 Å². The number of fused-ring (bicyclic) bond motifs is 12. The second kappa shape index (κ2) is 12.0. The minimum absolute atomic E-state index is 0.259. The predicted octanol–water partition coefficient (Wildman–Crippen LogP) is 13.8. The minimum Gasteiger partial charge on any atom is -0.452 e.